The van der Waals surface area contributed by atoms with Crippen LogP contribution in [0.15, 0.2) is 48.7 Å². The highest BCUT2D eigenvalue weighted by Crippen LogP contribution is 2.28. The van der Waals surface area contributed by atoms with Crippen molar-refractivity contribution in [3.05, 3.63) is 65.5 Å². The van der Waals surface area contributed by atoms with Gasteiger partial charge in [-0.25, -0.2) is 0 Å². The Morgan fingerprint density at radius 1 is 1.07 bits per heavy atom. The van der Waals surface area contributed by atoms with Crippen LogP contribution in [0.4, 0.5) is 0 Å². The highest BCUT2D eigenvalue weighted by Gasteiger charge is 2.23. The molecule has 1 aliphatic rings. The van der Waals surface area contributed by atoms with E-state index in [2.05, 4.69) is 40.6 Å². The van der Waals surface area contributed by atoms with E-state index in [0.717, 1.165) is 12.2 Å². The van der Waals surface area contributed by atoms with Crippen LogP contribution in [-0.2, 0) is 6.54 Å². The average Bonchev–Trinajstić information content (AvgIpc) is 2.74. The summed E-state index contributed by atoms with van der Waals surface area (Å²) in [5.74, 6) is 0. The van der Waals surface area contributed by atoms with Gasteiger partial charge in [0.25, 0.3) is 0 Å². The standard InChI is InChI=1S/C13H12N2/c1-2-6-11-10(5-1)9-15-13(11)12-7-3-4-8-14-12/h1-8,13,15H,9H2. The van der Waals surface area contributed by atoms with Crippen LogP contribution in [0, 0.1) is 0 Å². The molecule has 2 nitrogen and oxygen atoms in total. The van der Waals surface area contributed by atoms with E-state index in [1.54, 1.807) is 0 Å². The molecule has 74 valence electrons. The Bertz CT molecular complexity index is 465. The highest BCUT2D eigenvalue weighted by atomic mass is 15.0. The van der Waals surface area contributed by atoms with Crippen molar-refractivity contribution in [1.29, 1.82) is 0 Å². The van der Waals surface area contributed by atoms with Gasteiger partial charge in [-0.15, -0.1) is 0 Å². The molecular weight excluding hydrogens is 184 g/mol. The molecule has 15 heavy (non-hydrogen) atoms. The van der Waals surface area contributed by atoms with Gasteiger partial charge in [0.1, 0.15) is 0 Å². The lowest BCUT2D eigenvalue weighted by atomic mass is 10.0. The van der Waals surface area contributed by atoms with Gasteiger partial charge in [-0.05, 0) is 23.3 Å². The zero-order valence-electron chi connectivity index (χ0n) is 8.35. The molecule has 3 rings (SSSR count). The number of hydrogen-bond donors (Lipinski definition) is 1. The summed E-state index contributed by atoms with van der Waals surface area (Å²) >= 11 is 0. The zero-order chi connectivity index (χ0) is 10.1. The Hall–Kier alpha value is -1.67. The van der Waals surface area contributed by atoms with Gasteiger partial charge >= 0.3 is 0 Å². The Balaban J connectivity index is 2.05. The second-order valence-electron chi connectivity index (χ2n) is 3.77. The number of benzene rings is 1. The maximum absolute atomic E-state index is 4.40. The van der Waals surface area contributed by atoms with Crippen LogP contribution in [-0.4, -0.2) is 4.98 Å². The lowest BCUT2D eigenvalue weighted by Gasteiger charge is -2.10. The van der Waals surface area contributed by atoms with Gasteiger partial charge in [0.2, 0.25) is 0 Å². The number of rotatable bonds is 1. The fourth-order valence-electron chi connectivity index (χ4n) is 2.11. The number of nitrogens with zero attached hydrogens (tertiary/aromatic N) is 1. The van der Waals surface area contributed by atoms with Crippen LogP contribution in [0.3, 0.4) is 0 Å². The Morgan fingerprint density at radius 2 is 1.93 bits per heavy atom. The minimum atomic E-state index is 0.266. The third kappa shape index (κ3) is 1.43. The van der Waals surface area contributed by atoms with Crippen molar-refractivity contribution in [2.75, 3.05) is 0 Å². The second-order valence-corrected chi connectivity index (χ2v) is 3.77. The largest absolute Gasteiger partial charge is 0.301 e. The number of pyridine rings is 1. The number of hydrogen-bond acceptors (Lipinski definition) is 2. The first kappa shape index (κ1) is 8.62. The molecule has 2 heteroatoms. The molecule has 1 N–H and O–H groups in total. The van der Waals surface area contributed by atoms with E-state index in [1.165, 1.54) is 11.1 Å². The summed E-state index contributed by atoms with van der Waals surface area (Å²) in [5, 5.41) is 3.48. The van der Waals surface area contributed by atoms with Crippen LogP contribution in [0.1, 0.15) is 22.9 Å². The van der Waals surface area contributed by atoms with Crippen molar-refractivity contribution in [3.63, 3.8) is 0 Å². The average molecular weight is 196 g/mol. The van der Waals surface area contributed by atoms with Crippen molar-refractivity contribution in [2.45, 2.75) is 12.6 Å². The molecule has 2 aromatic rings. The molecule has 0 spiro atoms. The van der Waals surface area contributed by atoms with Crippen molar-refractivity contribution < 1.29 is 0 Å². The van der Waals surface area contributed by atoms with E-state index in [4.69, 9.17) is 0 Å². The van der Waals surface area contributed by atoms with Gasteiger partial charge in [0.15, 0.2) is 0 Å². The Morgan fingerprint density at radius 3 is 2.80 bits per heavy atom. The van der Waals surface area contributed by atoms with E-state index in [9.17, 15) is 0 Å². The maximum atomic E-state index is 4.40. The summed E-state index contributed by atoms with van der Waals surface area (Å²) in [4.78, 5) is 4.40. The normalized spacial score (nSPS) is 18.8. The van der Waals surface area contributed by atoms with Crippen molar-refractivity contribution in [2.24, 2.45) is 0 Å². The van der Waals surface area contributed by atoms with Crippen molar-refractivity contribution in [3.8, 4) is 0 Å². The van der Waals surface area contributed by atoms with Gasteiger partial charge in [-0.3, -0.25) is 4.98 Å². The first-order chi connectivity index (χ1) is 7.45. The molecule has 0 amide bonds. The van der Waals surface area contributed by atoms with Crippen molar-refractivity contribution in [1.82, 2.24) is 10.3 Å². The first-order valence-electron chi connectivity index (χ1n) is 5.17. The van der Waals surface area contributed by atoms with E-state index in [-0.39, 0.29) is 6.04 Å². The molecule has 1 aromatic heterocycles. The lowest BCUT2D eigenvalue weighted by molar-refractivity contribution is 0.650. The van der Waals surface area contributed by atoms with Gasteiger partial charge in [0.05, 0.1) is 11.7 Å². The molecule has 0 bridgehead atoms. The van der Waals surface area contributed by atoms with Gasteiger partial charge in [0, 0.05) is 12.7 Å². The molecule has 2 heterocycles. The predicted octanol–water partition coefficient (Wildman–Crippen LogP) is 2.27. The van der Waals surface area contributed by atoms with Crippen LogP contribution >= 0.6 is 0 Å². The van der Waals surface area contributed by atoms with E-state index in [0.29, 0.717) is 0 Å². The molecule has 0 fully saturated rings. The van der Waals surface area contributed by atoms with E-state index in [1.807, 2.05) is 18.3 Å². The van der Waals surface area contributed by atoms with Gasteiger partial charge in [-0.1, -0.05) is 30.3 Å². The molecule has 1 atom stereocenters. The highest BCUT2D eigenvalue weighted by molar-refractivity contribution is 5.38. The molecule has 0 saturated heterocycles. The van der Waals surface area contributed by atoms with Crippen LogP contribution in [0.25, 0.3) is 0 Å². The monoisotopic (exact) mass is 196 g/mol. The SMILES string of the molecule is c1ccc(C2NCc3ccccc32)nc1. The maximum Gasteiger partial charge on any atom is 0.0757 e. The number of nitrogens with one attached hydrogen (secondary N) is 1. The quantitative estimate of drug-likeness (QED) is 0.756. The third-order valence-corrected chi connectivity index (χ3v) is 2.85. The second kappa shape index (κ2) is 3.48. The van der Waals surface area contributed by atoms with Crippen LogP contribution in [0.2, 0.25) is 0 Å². The summed E-state index contributed by atoms with van der Waals surface area (Å²) < 4.78 is 0. The van der Waals surface area contributed by atoms with Gasteiger partial charge < -0.3 is 5.32 Å². The summed E-state index contributed by atoms with van der Waals surface area (Å²) in [7, 11) is 0. The summed E-state index contributed by atoms with van der Waals surface area (Å²) in [5.41, 5.74) is 3.84. The smallest absolute Gasteiger partial charge is 0.0757 e. The lowest BCUT2D eigenvalue weighted by Crippen LogP contribution is -2.14. The topological polar surface area (TPSA) is 24.9 Å². The molecule has 1 aliphatic heterocycles. The van der Waals surface area contributed by atoms with Crippen LogP contribution in [0.5, 0.6) is 0 Å². The summed E-state index contributed by atoms with van der Waals surface area (Å²) in [6.45, 7) is 0.942. The Labute approximate surface area is 89.0 Å². The number of fused-ring (bicyclic) bond motifs is 1. The van der Waals surface area contributed by atoms with Crippen molar-refractivity contribution >= 4 is 0 Å². The third-order valence-electron chi connectivity index (χ3n) is 2.85. The molecule has 1 unspecified atom stereocenters. The molecule has 0 saturated carbocycles. The zero-order valence-corrected chi connectivity index (χ0v) is 8.35. The Kier molecular flexibility index (Phi) is 2.00. The fraction of sp³-hybridized carbons (Fsp3) is 0.154. The van der Waals surface area contributed by atoms with E-state index >= 15 is 0 Å². The molecule has 0 aliphatic carbocycles. The molecular formula is C13H12N2. The van der Waals surface area contributed by atoms with Gasteiger partial charge in [-0.2, -0.15) is 0 Å². The molecule has 0 radical (unpaired) electrons. The fourth-order valence-corrected chi connectivity index (χ4v) is 2.11. The minimum absolute atomic E-state index is 0.266. The predicted molar refractivity (Wildman–Crippen MR) is 59.4 cm³/mol. The van der Waals surface area contributed by atoms with E-state index < -0.39 is 0 Å². The number of aromatic nitrogens is 1. The first-order valence-corrected chi connectivity index (χ1v) is 5.17. The van der Waals surface area contributed by atoms with Crippen LogP contribution < -0.4 is 5.32 Å². The summed E-state index contributed by atoms with van der Waals surface area (Å²) in [6, 6.07) is 14.8. The molecule has 1 aromatic carbocycles. The summed E-state index contributed by atoms with van der Waals surface area (Å²) in [6.07, 6.45) is 1.85. The minimum Gasteiger partial charge on any atom is -0.301 e.